The first-order valence-electron chi connectivity index (χ1n) is 9.72. The van der Waals surface area contributed by atoms with Crippen molar-refractivity contribution in [1.29, 1.82) is 5.26 Å². The number of hydrogen-bond donors (Lipinski definition) is 2. The lowest BCUT2D eigenvalue weighted by Crippen LogP contribution is -2.24. The molecule has 146 valence electrons. The molecule has 0 radical (unpaired) electrons. The maximum atomic E-state index is 12.3. The summed E-state index contributed by atoms with van der Waals surface area (Å²) in [5.74, 6) is -0.0490. The van der Waals surface area contributed by atoms with Crippen LogP contribution in [0.15, 0.2) is 29.1 Å². The van der Waals surface area contributed by atoms with E-state index in [-0.39, 0.29) is 17.0 Å². The maximum absolute atomic E-state index is 12.3. The average molecular weight is 378 g/mol. The van der Waals surface area contributed by atoms with Gasteiger partial charge in [-0.2, -0.15) is 5.26 Å². The Balaban J connectivity index is 1.54. The topological polar surface area (TPSA) is 89.0 Å². The Hall–Kier alpha value is -3.07. The van der Waals surface area contributed by atoms with Gasteiger partial charge in [-0.15, -0.1) is 0 Å². The molecule has 0 spiro atoms. The van der Waals surface area contributed by atoms with Crippen molar-refractivity contribution in [3.05, 3.63) is 62.6 Å². The van der Waals surface area contributed by atoms with Crippen molar-refractivity contribution in [3.8, 4) is 6.07 Å². The second kappa shape index (κ2) is 8.75. The van der Waals surface area contributed by atoms with Crippen molar-refractivity contribution < 1.29 is 4.79 Å². The molecule has 1 aliphatic rings. The average Bonchev–Trinajstić information content (AvgIpc) is 3.21. The van der Waals surface area contributed by atoms with Crippen LogP contribution in [-0.2, 0) is 17.8 Å². The van der Waals surface area contributed by atoms with Crippen LogP contribution in [0.4, 0.5) is 5.69 Å². The van der Waals surface area contributed by atoms with Gasteiger partial charge in [-0.05, 0) is 61.9 Å². The van der Waals surface area contributed by atoms with Crippen LogP contribution < -0.4 is 15.8 Å². The number of rotatable bonds is 6. The van der Waals surface area contributed by atoms with Gasteiger partial charge < -0.3 is 15.2 Å². The Labute approximate surface area is 165 Å². The van der Waals surface area contributed by atoms with Crippen LogP contribution in [0, 0.1) is 25.2 Å². The molecule has 1 fully saturated rings. The van der Waals surface area contributed by atoms with Crippen molar-refractivity contribution in [1.82, 2.24) is 10.3 Å². The minimum Gasteiger partial charge on any atom is -0.372 e. The second-order valence-corrected chi connectivity index (χ2v) is 7.31. The molecule has 0 bridgehead atoms. The molecule has 28 heavy (non-hydrogen) atoms. The molecular weight excluding hydrogens is 352 g/mol. The summed E-state index contributed by atoms with van der Waals surface area (Å²) in [5, 5.41) is 12.1. The van der Waals surface area contributed by atoms with E-state index in [9.17, 15) is 9.59 Å². The molecule has 0 saturated carbocycles. The van der Waals surface area contributed by atoms with Crippen molar-refractivity contribution in [2.45, 2.75) is 46.1 Å². The fourth-order valence-electron chi connectivity index (χ4n) is 3.75. The van der Waals surface area contributed by atoms with E-state index in [1.165, 1.54) is 18.5 Å². The number of nitrogens with zero attached hydrogens (tertiary/aromatic N) is 2. The van der Waals surface area contributed by atoms with Crippen LogP contribution in [0.5, 0.6) is 0 Å². The normalized spacial score (nSPS) is 13.4. The maximum Gasteiger partial charge on any atom is 0.266 e. The number of aromatic amines is 1. The van der Waals surface area contributed by atoms with Crippen molar-refractivity contribution in [2.24, 2.45) is 0 Å². The van der Waals surface area contributed by atoms with E-state index in [0.29, 0.717) is 30.6 Å². The van der Waals surface area contributed by atoms with Gasteiger partial charge in [0.2, 0.25) is 5.91 Å². The zero-order valence-electron chi connectivity index (χ0n) is 16.5. The Morgan fingerprint density at radius 2 is 1.89 bits per heavy atom. The molecule has 6 nitrogen and oxygen atoms in total. The highest BCUT2D eigenvalue weighted by Crippen LogP contribution is 2.20. The van der Waals surface area contributed by atoms with Crippen LogP contribution in [0.2, 0.25) is 0 Å². The summed E-state index contributed by atoms with van der Waals surface area (Å²) in [6.45, 7) is 6.28. The van der Waals surface area contributed by atoms with E-state index in [0.717, 1.165) is 24.2 Å². The molecule has 0 unspecified atom stereocenters. The van der Waals surface area contributed by atoms with Crippen LogP contribution in [0.1, 0.15) is 47.2 Å². The molecule has 0 aliphatic carbocycles. The third-order valence-electron chi connectivity index (χ3n) is 5.42. The summed E-state index contributed by atoms with van der Waals surface area (Å²) in [7, 11) is 0. The number of benzene rings is 1. The number of amides is 1. The first kappa shape index (κ1) is 19.7. The SMILES string of the molecule is Cc1[nH]c(=O)c(C#N)c(C)c1CCC(=O)NCc1ccc(N2CCCC2)cc1. The Morgan fingerprint density at radius 3 is 2.54 bits per heavy atom. The van der Waals surface area contributed by atoms with E-state index >= 15 is 0 Å². The molecular formula is C22H26N4O2. The monoisotopic (exact) mass is 378 g/mol. The summed E-state index contributed by atoms with van der Waals surface area (Å²) in [5.41, 5.74) is 4.30. The lowest BCUT2D eigenvalue weighted by molar-refractivity contribution is -0.121. The molecule has 1 amide bonds. The first-order chi connectivity index (χ1) is 13.5. The molecule has 1 aromatic carbocycles. The minimum absolute atomic E-state index is 0.0490. The van der Waals surface area contributed by atoms with Crippen LogP contribution >= 0.6 is 0 Å². The highest BCUT2D eigenvalue weighted by Gasteiger charge is 2.14. The second-order valence-electron chi connectivity index (χ2n) is 7.31. The van der Waals surface area contributed by atoms with Gasteiger partial charge in [-0.1, -0.05) is 12.1 Å². The summed E-state index contributed by atoms with van der Waals surface area (Å²) in [4.78, 5) is 29.1. The van der Waals surface area contributed by atoms with E-state index < -0.39 is 0 Å². The number of hydrogen-bond acceptors (Lipinski definition) is 4. The van der Waals surface area contributed by atoms with Crippen LogP contribution in [-0.4, -0.2) is 24.0 Å². The molecule has 1 saturated heterocycles. The first-order valence-corrected chi connectivity index (χ1v) is 9.72. The van der Waals surface area contributed by atoms with Gasteiger partial charge in [0.15, 0.2) is 0 Å². The number of carbonyl (C=O) groups is 1. The fraction of sp³-hybridized carbons (Fsp3) is 0.409. The summed E-state index contributed by atoms with van der Waals surface area (Å²) in [6, 6.07) is 10.3. The Kier molecular flexibility index (Phi) is 6.15. The molecule has 6 heteroatoms. The molecule has 2 aromatic rings. The highest BCUT2D eigenvalue weighted by molar-refractivity contribution is 5.76. The molecule has 0 atom stereocenters. The molecule has 2 N–H and O–H groups in total. The van der Waals surface area contributed by atoms with Gasteiger partial charge in [-0.3, -0.25) is 9.59 Å². The van der Waals surface area contributed by atoms with Gasteiger partial charge in [0.25, 0.3) is 5.56 Å². The summed E-state index contributed by atoms with van der Waals surface area (Å²) in [6.07, 6.45) is 3.30. The summed E-state index contributed by atoms with van der Waals surface area (Å²) >= 11 is 0. The Bertz CT molecular complexity index is 948. The zero-order valence-corrected chi connectivity index (χ0v) is 16.5. The number of nitrogens with one attached hydrogen (secondary N) is 2. The quantitative estimate of drug-likeness (QED) is 0.809. The number of carbonyl (C=O) groups excluding carboxylic acids is 1. The third-order valence-corrected chi connectivity index (χ3v) is 5.42. The molecule has 3 rings (SSSR count). The number of aryl methyl sites for hydroxylation is 1. The number of pyridine rings is 1. The number of anilines is 1. The van der Waals surface area contributed by atoms with E-state index in [1.807, 2.05) is 6.07 Å². The van der Waals surface area contributed by atoms with E-state index in [1.54, 1.807) is 13.8 Å². The van der Waals surface area contributed by atoms with Gasteiger partial charge in [0, 0.05) is 37.4 Å². The van der Waals surface area contributed by atoms with Gasteiger partial charge in [-0.25, -0.2) is 0 Å². The van der Waals surface area contributed by atoms with Gasteiger partial charge in [0.05, 0.1) is 0 Å². The predicted molar refractivity (Wildman–Crippen MR) is 109 cm³/mol. The van der Waals surface area contributed by atoms with Crippen molar-refractivity contribution >= 4 is 11.6 Å². The van der Waals surface area contributed by atoms with Crippen LogP contribution in [0.3, 0.4) is 0 Å². The fourth-order valence-corrected chi connectivity index (χ4v) is 3.75. The van der Waals surface area contributed by atoms with Crippen LogP contribution in [0.25, 0.3) is 0 Å². The third kappa shape index (κ3) is 4.42. The van der Waals surface area contributed by atoms with Crippen molar-refractivity contribution in [2.75, 3.05) is 18.0 Å². The number of nitriles is 1. The van der Waals surface area contributed by atoms with Gasteiger partial charge >= 0.3 is 0 Å². The molecule has 2 heterocycles. The van der Waals surface area contributed by atoms with E-state index in [2.05, 4.69) is 39.5 Å². The lowest BCUT2D eigenvalue weighted by atomic mass is 9.99. The van der Waals surface area contributed by atoms with Crippen molar-refractivity contribution in [3.63, 3.8) is 0 Å². The minimum atomic E-state index is -0.372. The number of aromatic nitrogens is 1. The predicted octanol–water partition coefficient (Wildman–Crippen LogP) is 2.71. The largest absolute Gasteiger partial charge is 0.372 e. The standard InChI is InChI=1S/C22H26N4O2/c1-15-19(16(2)25-22(28)20(15)13-23)9-10-21(27)24-14-17-5-7-18(8-6-17)26-11-3-4-12-26/h5-8H,3-4,9-12,14H2,1-2H3,(H,24,27)(H,25,28). The lowest BCUT2D eigenvalue weighted by Gasteiger charge is -2.17. The zero-order chi connectivity index (χ0) is 20.1. The highest BCUT2D eigenvalue weighted by atomic mass is 16.1. The van der Waals surface area contributed by atoms with E-state index in [4.69, 9.17) is 5.26 Å². The Morgan fingerprint density at radius 1 is 1.21 bits per heavy atom. The van der Waals surface area contributed by atoms with Gasteiger partial charge in [0.1, 0.15) is 11.6 Å². The summed E-state index contributed by atoms with van der Waals surface area (Å²) < 4.78 is 0. The molecule has 1 aromatic heterocycles. The number of H-pyrrole nitrogens is 1. The molecule has 1 aliphatic heterocycles. The smallest absolute Gasteiger partial charge is 0.266 e.